The van der Waals surface area contributed by atoms with Crippen LogP contribution in [0.5, 0.6) is 0 Å². The van der Waals surface area contributed by atoms with E-state index in [4.69, 9.17) is 5.11 Å². The van der Waals surface area contributed by atoms with Crippen molar-refractivity contribution in [1.29, 1.82) is 0 Å². The minimum Gasteiger partial charge on any atom is -0.481 e. The molecular weight excluding hydrogens is 447 g/mol. The zero-order chi connectivity index (χ0) is 23.5. The number of carboxylic acid groups (broad SMARTS) is 1. The Morgan fingerprint density at radius 2 is 1.17 bits per heavy atom. The van der Waals surface area contributed by atoms with Crippen molar-refractivity contribution >= 4 is 17.9 Å². The molecule has 0 unspecified atom stereocenters. The fourth-order valence-electron chi connectivity index (χ4n) is 1.92. The average molecular weight is 456 g/mol. The molecule has 1 aromatic rings. The summed E-state index contributed by atoms with van der Waals surface area (Å²) >= 11 is 0. The molecule has 0 aliphatic carbocycles. The monoisotopic (exact) mass is 456 g/mol. The summed E-state index contributed by atoms with van der Waals surface area (Å²) in [5, 5.41) is 8.44. The number of alkyl halides is 9. The second kappa shape index (κ2) is 8.39. The summed E-state index contributed by atoms with van der Waals surface area (Å²) < 4.78 is 122. The Balaban J connectivity index is 3.14. The van der Waals surface area contributed by atoms with Crippen molar-refractivity contribution in [1.82, 2.24) is 0 Å². The lowest BCUT2D eigenvalue weighted by molar-refractivity contribution is -0.365. The molecule has 15 heteroatoms. The SMILES string of the molecule is O=C(O)CC(OC(=O)c1ccc(C(=O)OCC(F)(F)F)cc1)(C(F)(F)F)C(F)(F)F. The van der Waals surface area contributed by atoms with E-state index >= 15 is 0 Å². The summed E-state index contributed by atoms with van der Waals surface area (Å²) in [5.41, 5.74) is -6.96. The molecule has 0 spiro atoms. The molecule has 0 fully saturated rings. The Morgan fingerprint density at radius 3 is 1.50 bits per heavy atom. The van der Waals surface area contributed by atoms with Crippen molar-refractivity contribution in [2.24, 2.45) is 0 Å². The number of rotatable bonds is 6. The zero-order valence-electron chi connectivity index (χ0n) is 14.1. The fraction of sp³-hybridized carbons (Fsp3) is 0.400. The fourth-order valence-corrected chi connectivity index (χ4v) is 1.92. The standard InChI is InChI=1S/C15H9F9O6/c16-13(17,18)6-29-10(27)7-1-3-8(4-2-7)11(28)30-12(5-9(25)26,14(19,20)21)15(22,23)24/h1-4H,5-6H2,(H,25,26). The van der Waals surface area contributed by atoms with Crippen molar-refractivity contribution in [3.8, 4) is 0 Å². The number of aliphatic carboxylic acids is 1. The lowest BCUT2D eigenvalue weighted by atomic mass is 9.97. The first-order chi connectivity index (χ1) is 13.4. The Hall–Kier alpha value is -3.00. The van der Waals surface area contributed by atoms with Gasteiger partial charge in [-0.1, -0.05) is 0 Å². The van der Waals surface area contributed by atoms with E-state index in [0.717, 1.165) is 0 Å². The molecule has 0 atom stereocenters. The second-order valence-electron chi connectivity index (χ2n) is 5.55. The van der Waals surface area contributed by atoms with Crippen molar-refractivity contribution < 1.29 is 68.5 Å². The number of halogens is 9. The number of benzene rings is 1. The summed E-state index contributed by atoms with van der Waals surface area (Å²) in [6.07, 6.45) is -20.3. The molecule has 30 heavy (non-hydrogen) atoms. The summed E-state index contributed by atoms with van der Waals surface area (Å²) in [4.78, 5) is 33.7. The third-order valence-electron chi connectivity index (χ3n) is 3.31. The maximum Gasteiger partial charge on any atom is 0.438 e. The molecule has 0 aromatic heterocycles. The zero-order valence-corrected chi connectivity index (χ0v) is 14.1. The molecule has 0 bridgehead atoms. The van der Waals surface area contributed by atoms with Gasteiger partial charge in [0.25, 0.3) is 0 Å². The van der Waals surface area contributed by atoms with Crippen molar-refractivity contribution in [3.05, 3.63) is 35.4 Å². The Kier molecular flexibility index (Phi) is 7.01. The normalized spacial score (nSPS) is 13.0. The first kappa shape index (κ1) is 25.0. The molecule has 0 heterocycles. The summed E-state index contributed by atoms with van der Waals surface area (Å²) in [5.74, 6) is -6.36. The van der Waals surface area contributed by atoms with E-state index in [1.165, 1.54) is 0 Å². The minimum atomic E-state index is -6.36. The average Bonchev–Trinajstić information content (AvgIpc) is 2.56. The van der Waals surface area contributed by atoms with E-state index < -0.39 is 66.2 Å². The first-order valence-corrected chi connectivity index (χ1v) is 7.32. The van der Waals surface area contributed by atoms with Crippen LogP contribution in [0.15, 0.2) is 24.3 Å². The highest BCUT2D eigenvalue weighted by Gasteiger charge is 2.75. The van der Waals surface area contributed by atoms with Gasteiger partial charge in [0.15, 0.2) is 6.61 Å². The molecule has 0 saturated heterocycles. The smallest absolute Gasteiger partial charge is 0.438 e. The molecule has 0 amide bonds. The van der Waals surface area contributed by atoms with Crippen LogP contribution in [0.2, 0.25) is 0 Å². The quantitative estimate of drug-likeness (QED) is 0.516. The molecule has 1 aromatic carbocycles. The molecule has 0 saturated carbocycles. The van der Waals surface area contributed by atoms with E-state index in [9.17, 15) is 53.9 Å². The molecule has 0 aliphatic heterocycles. The summed E-state index contributed by atoms with van der Waals surface area (Å²) in [6.45, 7) is -1.97. The van der Waals surface area contributed by atoms with Gasteiger partial charge >= 0.3 is 42.0 Å². The molecule has 6 nitrogen and oxygen atoms in total. The van der Waals surface area contributed by atoms with Crippen molar-refractivity contribution in [2.75, 3.05) is 6.61 Å². The lowest BCUT2D eigenvalue weighted by Crippen LogP contribution is -2.60. The summed E-state index contributed by atoms with van der Waals surface area (Å²) in [7, 11) is 0. The van der Waals surface area contributed by atoms with Gasteiger partial charge in [-0.3, -0.25) is 4.79 Å². The van der Waals surface area contributed by atoms with Gasteiger partial charge in [-0.2, -0.15) is 39.5 Å². The van der Waals surface area contributed by atoms with Crippen LogP contribution in [0.25, 0.3) is 0 Å². The predicted molar refractivity (Wildman–Crippen MR) is 75.3 cm³/mol. The van der Waals surface area contributed by atoms with Crippen molar-refractivity contribution in [2.45, 2.75) is 30.6 Å². The minimum absolute atomic E-state index is 0.477. The van der Waals surface area contributed by atoms with Gasteiger partial charge in [-0.05, 0) is 24.3 Å². The van der Waals surface area contributed by atoms with Crippen LogP contribution < -0.4 is 0 Å². The maximum atomic E-state index is 13.0. The third kappa shape index (κ3) is 6.00. The van der Waals surface area contributed by atoms with E-state index in [1.807, 2.05) is 0 Å². The highest BCUT2D eigenvalue weighted by molar-refractivity contribution is 5.93. The number of ether oxygens (including phenoxy) is 2. The topological polar surface area (TPSA) is 89.9 Å². The number of hydrogen-bond donors (Lipinski definition) is 1. The third-order valence-corrected chi connectivity index (χ3v) is 3.31. The van der Waals surface area contributed by atoms with Gasteiger partial charge in [0.1, 0.15) is 6.42 Å². The van der Waals surface area contributed by atoms with Crippen LogP contribution in [0, 0.1) is 0 Å². The lowest BCUT2D eigenvalue weighted by Gasteiger charge is -2.35. The van der Waals surface area contributed by atoms with Crippen molar-refractivity contribution in [3.63, 3.8) is 0 Å². The Bertz CT molecular complexity index is 779. The van der Waals surface area contributed by atoms with Gasteiger partial charge < -0.3 is 14.6 Å². The van der Waals surface area contributed by atoms with Crippen LogP contribution in [-0.2, 0) is 14.3 Å². The van der Waals surface area contributed by atoms with Gasteiger partial charge in [-0.25, -0.2) is 9.59 Å². The molecule has 168 valence electrons. The van der Waals surface area contributed by atoms with Crippen LogP contribution in [0.3, 0.4) is 0 Å². The van der Waals surface area contributed by atoms with Gasteiger partial charge in [-0.15, -0.1) is 0 Å². The summed E-state index contributed by atoms with van der Waals surface area (Å²) in [6, 6.07) is 2.11. The van der Waals surface area contributed by atoms with E-state index in [0.29, 0.717) is 24.3 Å². The highest BCUT2D eigenvalue weighted by Crippen LogP contribution is 2.48. The Morgan fingerprint density at radius 1 is 0.767 bits per heavy atom. The predicted octanol–water partition coefficient (Wildman–Crippen LogP) is 3.90. The first-order valence-electron chi connectivity index (χ1n) is 7.32. The number of esters is 2. The van der Waals surface area contributed by atoms with Gasteiger partial charge in [0.05, 0.1) is 11.1 Å². The van der Waals surface area contributed by atoms with E-state index in [-0.39, 0.29) is 0 Å². The number of carboxylic acids is 1. The second-order valence-corrected chi connectivity index (χ2v) is 5.55. The molecule has 1 N–H and O–H groups in total. The molecule has 1 rings (SSSR count). The van der Waals surface area contributed by atoms with Crippen LogP contribution in [0.1, 0.15) is 27.1 Å². The van der Waals surface area contributed by atoms with Gasteiger partial charge in [0, 0.05) is 0 Å². The van der Waals surface area contributed by atoms with Crippen LogP contribution in [-0.4, -0.2) is 53.8 Å². The number of carbonyl (C=O) groups excluding carboxylic acids is 2. The number of hydrogen-bond acceptors (Lipinski definition) is 5. The molecular formula is C15H9F9O6. The molecule has 0 radical (unpaired) electrons. The van der Waals surface area contributed by atoms with Crippen LogP contribution in [0.4, 0.5) is 39.5 Å². The molecule has 0 aliphatic rings. The maximum absolute atomic E-state index is 13.0. The largest absolute Gasteiger partial charge is 0.481 e. The van der Waals surface area contributed by atoms with Gasteiger partial charge in [0.2, 0.25) is 0 Å². The van der Waals surface area contributed by atoms with Crippen LogP contribution >= 0.6 is 0 Å². The van der Waals surface area contributed by atoms with E-state index in [2.05, 4.69) is 9.47 Å². The number of carbonyl (C=O) groups is 3. The van der Waals surface area contributed by atoms with E-state index in [1.54, 1.807) is 0 Å². The highest BCUT2D eigenvalue weighted by atomic mass is 19.4. The Labute approximate surface area is 160 Å².